The number of halogens is 1. The van der Waals surface area contributed by atoms with E-state index in [9.17, 15) is 18.3 Å². The molecule has 168 valence electrons. The van der Waals surface area contributed by atoms with Crippen LogP contribution in [0.15, 0.2) is 39.7 Å². The summed E-state index contributed by atoms with van der Waals surface area (Å²) in [6.45, 7) is 6.13. The summed E-state index contributed by atoms with van der Waals surface area (Å²) in [5.74, 6) is -0.500. The van der Waals surface area contributed by atoms with Gasteiger partial charge < -0.3 is 15.7 Å². The van der Waals surface area contributed by atoms with Gasteiger partial charge in [-0.15, -0.1) is 0 Å². The van der Waals surface area contributed by atoms with Crippen LogP contribution < -0.4 is 10.6 Å². The zero-order chi connectivity index (χ0) is 22.9. The quantitative estimate of drug-likeness (QED) is 0.474. The van der Waals surface area contributed by atoms with Crippen LogP contribution >= 0.6 is 15.9 Å². The Morgan fingerprint density at radius 2 is 1.87 bits per heavy atom. The van der Waals surface area contributed by atoms with Crippen molar-refractivity contribution >= 4 is 37.4 Å². The minimum atomic E-state index is -3.82. The number of hydrogen-bond donors (Lipinski definition) is 3. The van der Waals surface area contributed by atoms with Gasteiger partial charge in [0.25, 0.3) is 5.91 Å². The zero-order valence-corrected chi connectivity index (χ0v) is 20.6. The van der Waals surface area contributed by atoms with Gasteiger partial charge in [0.05, 0.1) is 21.9 Å². The van der Waals surface area contributed by atoms with Crippen molar-refractivity contribution in [3.8, 4) is 5.75 Å². The Kier molecular flexibility index (Phi) is 7.01. The highest BCUT2D eigenvalue weighted by molar-refractivity contribution is 9.10. The van der Waals surface area contributed by atoms with E-state index in [2.05, 4.69) is 40.4 Å². The first-order valence-corrected chi connectivity index (χ1v) is 12.8. The van der Waals surface area contributed by atoms with Crippen molar-refractivity contribution in [2.24, 2.45) is 5.92 Å². The van der Waals surface area contributed by atoms with Gasteiger partial charge in [0.2, 0.25) is 0 Å². The number of sulfone groups is 1. The molecule has 0 bridgehead atoms. The molecule has 1 saturated carbocycles. The van der Waals surface area contributed by atoms with Crippen LogP contribution in [0.5, 0.6) is 5.75 Å². The lowest BCUT2D eigenvalue weighted by atomic mass is 10.0. The van der Waals surface area contributed by atoms with Gasteiger partial charge in [0, 0.05) is 23.1 Å². The fraction of sp³-hybridized carbons (Fsp3) is 0.435. The van der Waals surface area contributed by atoms with Crippen molar-refractivity contribution < 1.29 is 18.3 Å². The molecule has 0 saturated heterocycles. The Morgan fingerprint density at radius 3 is 2.45 bits per heavy atom. The summed E-state index contributed by atoms with van der Waals surface area (Å²) in [6.07, 6.45) is 1.99. The highest BCUT2D eigenvalue weighted by atomic mass is 79.9. The van der Waals surface area contributed by atoms with E-state index in [4.69, 9.17) is 0 Å². The third kappa shape index (κ3) is 5.41. The van der Waals surface area contributed by atoms with Crippen LogP contribution in [0.4, 0.5) is 5.69 Å². The lowest BCUT2D eigenvalue weighted by Crippen LogP contribution is -2.23. The van der Waals surface area contributed by atoms with Gasteiger partial charge in [0.1, 0.15) is 5.75 Å². The van der Waals surface area contributed by atoms with Crippen LogP contribution in [-0.4, -0.2) is 32.5 Å². The highest BCUT2D eigenvalue weighted by Gasteiger charge is 2.29. The zero-order valence-electron chi connectivity index (χ0n) is 18.2. The maximum atomic E-state index is 13.5. The fourth-order valence-electron chi connectivity index (χ4n) is 3.36. The van der Waals surface area contributed by atoms with Crippen LogP contribution in [0.3, 0.4) is 0 Å². The van der Waals surface area contributed by atoms with E-state index in [-0.39, 0.29) is 27.8 Å². The molecule has 31 heavy (non-hydrogen) atoms. The Labute approximate surface area is 192 Å². The number of phenols is 1. The number of carbonyl (C=O) groups is 1. The molecule has 0 aromatic heterocycles. The van der Waals surface area contributed by atoms with Crippen molar-refractivity contribution in [3.63, 3.8) is 0 Å². The van der Waals surface area contributed by atoms with Crippen LogP contribution in [-0.2, 0) is 15.6 Å². The number of rotatable bonds is 8. The van der Waals surface area contributed by atoms with E-state index in [1.165, 1.54) is 7.05 Å². The molecular weight excluding hydrogens is 480 g/mol. The van der Waals surface area contributed by atoms with Crippen molar-refractivity contribution in [3.05, 3.63) is 51.5 Å². The number of carbonyl (C=O) groups excluding carboxylic acids is 1. The van der Waals surface area contributed by atoms with Crippen molar-refractivity contribution in [2.75, 3.05) is 12.4 Å². The maximum absolute atomic E-state index is 13.5. The standard InChI is InChI=1S/C23H29BrN2O4S/c1-13(2)14(3)26-20-8-7-18(24)11-21(20)31(29,30)12-17-9-16(15-5-6-15)10-19(22(17)27)23(28)25-4/h7-11,13-15,26-27H,5-6,12H2,1-4H3,(H,25,28)/t14-/m1/s1. The lowest BCUT2D eigenvalue weighted by Gasteiger charge is -2.21. The van der Waals surface area contributed by atoms with Crippen molar-refractivity contribution in [1.29, 1.82) is 0 Å². The van der Waals surface area contributed by atoms with E-state index >= 15 is 0 Å². The third-order valence-electron chi connectivity index (χ3n) is 5.74. The number of anilines is 1. The molecule has 1 aliphatic rings. The number of phenolic OH excluding ortho intramolecular Hbond substituents is 1. The number of aromatic hydroxyl groups is 1. The van der Waals surface area contributed by atoms with Crippen LogP contribution in [0, 0.1) is 5.92 Å². The fourth-order valence-corrected chi connectivity index (χ4v) is 5.42. The second-order valence-electron chi connectivity index (χ2n) is 8.51. The minimum Gasteiger partial charge on any atom is -0.507 e. The van der Waals surface area contributed by atoms with Crippen LogP contribution in [0.2, 0.25) is 0 Å². The van der Waals surface area contributed by atoms with Gasteiger partial charge in [-0.05, 0) is 61.4 Å². The van der Waals surface area contributed by atoms with Gasteiger partial charge in [-0.1, -0.05) is 35.8 Å². The van der Waals surface area contributed by atoms with Crippen molar-refractivity contribution in [2.45, 2.75) is 56.2 Å². The second-order valence-corrected chi connectivity index (χ2v) is 11.4. The van der Waals surface area contributed by atoms with Gasteiger partial charge in [-0.2, -0.15) is 0 Å². The van der Waals surface area contributed by atoms with E-state index < -0.39 is 21.5 Å². The molecule has 1 aliphatic carbocycles. The first-order valence-electron chi connectivity index (χ1n) is 10.4. The largest absolute Gasteiger partial charge is 0.507 e. The van der Waals surface area contributed by atoms with E-state index in [0.717, 1.165) is 18.4 Å². The molecule has 0 unspecified atom stereocenters. The molecule has 2 aromatic rings. The Morgan fingerprint density at radius 1 is 1.19 bits per heavy atom. The molecule has 1 fully saturated rings. The third-order valence-corrected chi connectivity index (χ3v) is 7.93. The van der Waals surface area contributed by atoms with Crippen LogP contribution in [0.25, 0.3) is 0 Å². The van der Waals surface area contributed by atoms with Gasteiger partial charge in [-0.3, -0.25) is 4.79 Å². The first kappa shape index (κ1) is 23.6. The monoisotopic (exact) mass is 508 g/mol. The molecule has 8 heteroatoms. The highest BCUT2D eigenvalue weighted by Crippen LogP contribution is 2.43. The molecule has 1 atom stereocenters. The molecule has 0 heterocycles. The normalized spacial score (nSPS) is 15.0. The Balaban J connectivity index is 2.04. The van der Waals surface area contributed by atoms with E-state index in [0.29, 0.717) is 22.0 Å². The number of benzene rings is 2. The molecular formula is C23H29BrN2O4S. The van der Waals surface area contributed by atoms with Gasteiger partial charge >= 0.3 is 0 Å². The lowest BCUT2D eigenvalue weighted by molar-refractivity contribution is 0.0960. The summed E-state index contributed by atoms with van der Waals surface area (Å²) in [6, 6.07) is 8.57. The first-order chi connectivity index (χ1) is 14.5. The van der Waals surface area contributed by atoms with Gasteiger partial charge in [0.15, 0.2) is 9.84 Å². The molecule has 3 rings (SSSR count). The SMILES string of the molecule is CNC(=O)c1cc(C2CC2)cc(CS(=O)(=O)c2cc(Br)ccc2N[C@H](C)C(C)C)c1O. The maximum Gasteiger partial charge on any atom is 0.254 e. The topological polar surface area (TPSA) is 95.5 Å². The summed E-state index contributed by atoms with van der Waals surface area (Å²) in [5.41, 5.74) is 1.76. The average molecular weight is 509 g/mol. The summed E-state index contributed by atoms with van der Waals surface area (Å²) in [7, 11) is -2.33. The predicted octanol–water partition coefficient (Wildman–Crippen LogP) is 4.82. The molecule has 0 spiro atoms. The smallest absolute Gasteiger partial charge is 0.254 e. The summed E-state index contributed by atoms with van der Waals surface area (Å²) < 4.78 is 27.6. The predicted molar refractivity (Wildman–Crippen MR) is 126 cm³/mol. The number of amides is 1. The summed E-state index contributed by atoms with van der Waals surface area (Å²) in [5, 5.41) is 16.5. The minimum absolute atomic E-state index is 0.0709. The molecule has 3 N–H and O–H groups in total. The average Bonchev–Trinajstić information content (AvgIpc) is 3.55. The number of hydrogen-bond acceptors (Lipinski definition) is 5. The van der Waals surface area contributed by atoms with Crippen LogP contribution in [0.1, 0.15) is 61.0 Å². The Bertz CT molecular complexity index is 1090. The summed E-state index contributed by atoms with van der Waals surface area (Å²) >= 11 is 3.37. The second kappa shape index (κ2) is 9.20. The number of nitrogens with one attached hydrogen (secondary N) is 2. The summed E-state index contributed by atoms with van der Waals surface area (Å²) in [4.78, 5) is 12.4. The molecule has 0 aliphatic heterocycles. The van der Waals surface area contributed by atoms with Crippen molar-refractivity contribution in [1.82, 2.24) is 5.32 Å². The molecule has 6 nitrogen and oxygen atoms in total. The Hall–Kier alpha value is -2.06. The molecule has 2 aromatic carbocycles. The molecule has 0 radical (unpaired) electrons. The molecule has 1 amide bonds. The van der Waals surface area contributed by atoms with E-state index in [1.54, 1.807) is 30.3 Å². The van der Waals surface area contributed by atoms with Gasteiger partial charge in [-0.25, -0.2) is 8.42 Å². The van der Waals surface area contributed by atoms with E-state index in [1.807, 2.05) is 6.92 Å².